The van der Waals surface area contributed by atoms with Crippen LogP contribution < -0.4 is 10.2 Å². The molecule has 1 aliphatic heterocycles. The van der Waals surface area contributed by atoms with Crippen LogP contribution in [0.25, 0.3) is 0 Å². The third kappa shape index (κ3) is 2.85. The summed E-state index contributed by atoms with van der Waals surface area (Å²) in [6.07, 6.45) is -0.0713. The molecule has 6 nitrogen and oxygen atoms in total. The Labute approximate surface area is 116 Å². The van der Waals surface area contributed by atoms with Gasteiger partial charge in [-0.25, -0.2) is 9.69 Å². The van der Waals surface area contributed by atoms with E-state index in [-0.39, 0.29) is 6.42 Å². The maximum Gasteiger partial charge on any atom is 0.335 e. The number of amides is 4. The first-order valence-electron chi connectivity index (χ1n) is 6.42. The van der Waals surface area contributed by atoms with Crippen molar-refractivity contribution in [3.63, 3.8) is 0 Å². The van der Waals surface area contributed by atoms with Gasteiger partial charge in [0, 0.05) is 0 Å². The molecule has 2 rings (SSSR count). The summed E-state index contributed by atoms with van der Waals surface area (Å²) >= 11 is 0. The van der Waals surface area contributed by atoms with Crippen LogP contribution in [0.5, 0.6) is 0 Å². The third-order valence-electron chi connectivity index (χ3n) is 3.16. The fourth-order valence-electron chi connectivity index (χ4n) is 2.10. The van der Waals surface area contributed by atoms with Crippen molar-refractivity contribution in [2.24, 2.45) is 5.92 Å². The Balaban J connectivity index is 2.23. The van der Waals surface area contributed by atoms with Crippen LogP contribution in [0.1, 0.15) is 19.8 Å². The van der Waals surface area contributed by atoms with Crippen molar-refractivity contribution in [2.75, 3.05) is 4.90 Å². The largest absolute Gasteiger partial charge is 0.393 e. The summed E-state index contributed by atoms with van der Waals surface area (Å²) in [5.74, 6) is -2.10. The van der Waals surface area contributed by atoms with Crippen LogP contribution in [0.15, 0.2) is 30.3 Å². The number of para-hydroxylation sites is 1. The van der Waals surface area contributed by atoms with Gasteiger partial charge in [0.2, 0.25) is 11.8 Å². The number of hydrogen-bond donors (Lipinski definition) is 2. The minimum atomic E-state index is -0.942. The molecule has 0 radical (unpaired) electrons. The molecule has 2 atom stereocenters. The predicted octanol–water partition coefficient (Wildman–Crippen LogP) is 1.05. The number of hydrogen-bond acceptors (Lipinski definition) is 4. The van der Waals surface area contributed by atoms with Crippen LogP contribution in [-0.4, -0.2) is 29.1 Å². The van der Waals surface area contributed by atoms with Crippen LogP contribution in [0.3, 0.4) is 0 Å². The van der Waals surface area contributed by atoms with E-state index in [4.69, 9.17) is 0 Å². The number of aliphatic hydroxyl groups is 1. The number of aliphatic hydroxyl groups excluding tert-OH is 1. The lowest BCUT2D eigenvalue weighted by molar-refractivity contribution is -0.134. The van der Waals surface area contributed by atoms with Gasteiger partial charge in [0.1, 0.15) is 5.92 Å². The highest BCUT2D eigenvalue weighted by Crippen LogP contribution is 2.23. The lowest BCUT2D eigenvalue weighted by atomic mass is 9.97. The zero-order chi connectivity index (χ0) is 14.7. The number of nitrogens with zero attached hydrogens (tertiary/aromatic N) is 1. The molecule has 0 aliphatic carbocycles. The normalized spacial score (nSPS) is 20.8. The molecule has 1 heterocycles. The van der Waals surface area contributed by atoms with Crippen LogP contribution >= 0.6 is 0 Å². The molecule has 1 aliphatic rings. The maximum atomic E-state index is 12.3. The smallest absolute Gasteiger partial charge is 0.335 e. The van der Waals surface area contributed by atoms with E-state index in [0.717, 1.165) is 4.90 Å². The summed E-state index contributed by atoms with van der Waals surface area (Å²) < 4.78 is 0. The van der Waals surface area contributed by atoms with Crippen molar-refractivity contribution < 1.29 is 19.5 Å². The summed E-state index contributed by atoms with van der Waals surface area (Å²) in [6.45, 7) is 1.59. The highest BCUT2D eigenvalue weighted by atomic mass is 16.3. The quantitative estimate of drug-likeness (QED) is 0.805. The van der Waals surface area contributed by atoms with Gasteiger partial charge in [0.25, 0.3) is 0 Å². The molecule has 0 bridgehead atoms. The van der Waals surface area contributed by atoms with Gasteiger partial charge >= 0.3 is 6.03 Å². The Morgan fingerprint density at radius 3 is 2.50 bits per heavy atom. The molecule has 1 aromatic rings. The monoisotopic (exact) mass is 276 g/mol. The van der Waals surface area contributed by atoms with Crippen LogP contribution in [-0.2, 0) is 9.59 Å². The van der Waals surface area contributed by atoms with Crippen molar-refractivity contribution in [2.45, 2.75) is 25.9 Å². The van der Waals surface area contributed by atoms with Gasteiger partial charge in [-0.3, -0.25) is 14.9 Å². The fraction of sp³-hybridized carbons (Fsp3) is 0.357. The van der Waals surface area contributed by atoms with Gasteiger partial charge in [-0.1, -0.05) is 18.2 Å². The Hall–Kier alpha value is -2.21. The number of urea groups is 1. The zero-order valence-electron chi connectivity index (χ0n) is 11.1. The van der Waals surface area contributed by atoms with Crippen molar-refractivity contribution >= 4 is 23.5 Å². The number of benzene rings is 1. The highest BCUT2D eigenvalue weighted by molar-refractivity contribution is 6.27. The molecule has 2 N–H and O–H groups in total. The number of barbiturate groups is 1. The first-order valence-corrected chi connectivity index (χ1v) is 6.42. The Bertz CT molecular complexity index is 527. The van der Waals surface area contributed by atoms with Crippen molar-refractivity contribution in [3.05, 3.63) is 30.3 Å². The summed E-state index contributed by atoms with van der Waals surface area (Å²) in [5.41, 5.74) is 0.421. The Morgan fingerprint density at radius 2 is 1.90 bits per heavy atom. The Kier molecular flexibility index (Phi) is 4.14. The number of carbonyl (C=O) groups excluding carboxylic acids is 3. The van der Waals surface area contributed by atoms with E-state index in [1.807, 2.05) is 0 Å². The lowest BCUT2D eigenvalue weighted by Gasteiger charge is -2.30. The summed E-state index contributed by atoms with van der Waals surface area (Å²) in [5, 5.41) is 11.4. The summed E-state index contributed by atoms with van der Waals surface area (Å²) in [6, 6.07) is 7.69. The van der Waals surface area contributed by atoms with E-state index in [0.29, 0.717) is 12.1 Å². The van der Waals surface area contributed by atoms with Crippen LogP contribution in [0, 0.1) is 5.92 Å². The van der Waals surface area contributed by atoms with E-state index in [2.05, 4.69) is 5.32 Å². The SMILES string of the molecule is CC(O)CCC1C(=O)NC(=O)N(c2ccccc2)C1=O. The molecule has 2 unspecified atom stereocenters. The van der Waals surface area contributed by atoms with Crippen molar-refractivity contribution in [1.29, 1.82) is 0 Å². The first-order chi connectivity index (χ1) is 9.50. The molecule has 0 aromatic heterocycles. The number of rotatable bonds is 4. The highest BCUT2D eigenvalue weighted by Gasteiger charge is 2.40. The molecule has 0 saturated carbocycles. The van der Waals surface area contributed by atoms with E-state index < -0.39 is 29.9 Å². The topological polar surface area (TPSA) is 86.7 Å². The first kappa shape index (κ1) is 14.2. The maximum absolute atomic E-state index is 12.3. The van der Waals surface area contributed by atoms with Gasteiger partial charge in [-0.15, -0.1) is 0 Å². The standard InChI is InChI=1S/C14H16N2O4/c1-9(17)7-8-11-12(18)15-14(20)16(13(11)19)10-5-3-2-4-6-10/h2-6,9,11,17H,7-8H2,1H3,(H,15,18,20). The van der Waals surface area contributed by atoms with Crippen LogP contribution in [0.2, 0.25) is 0 Å². The average Bonchev–Trinajstić information content (AvgIpc) is 2.38. The molecule has 1 saturated heterocycles. The lowest BCUT2D eigenvalue weighted by Crippen LogP contribution is -2.58. The van der Waals surface area contributed by atoms with Crippen molar-refractivity contribution in [3.8, 4) is 0 Å². The van der Waals surface area contributed by atoms with Gasteiger partial charge in [0.15, 0.2) is 0 Å². The molecule has 1 aromatic carbocycles. The van der Waals surface area contributed by atoms with Gasteiger partial charge in [-0.05, 0) is 31.9 Å². The van der Waals surface area contributed by atoms with Crippen LogP contribution in [0.4, 0.5) is 10.5 Å². The molecular weight excluding hydrogens is 260 g/mol. The van der Waals surface area contributed by atoms with E-state index >= 15 is 0 Å². The second-order valence-corrected chi connectivity index (χ2v) is 4.78. The molecule has 20 heavy (non-hydrogen) atoms. The van der Waals surface area contributed by atoms with E-state index in [9.17, 15) is 19.5 Å². The molecular formula is C14H16N2O4. The number of anilines is 1. The summed E-state index contributed by atoms with van der Waals surface area (Å²) in [4.78, 5) is 36.9. The Morgan fingerprint density at radius 1 is 1.25 bits per heavy atom. The molecule has 106 valence electrons. The summed E-state index contributed by atoms with van der Waals surface area (Å²) in [7, 11) is 0. The number of carbonyl (C=O) groups is 3. The van der Waals surface area contributed by atoms with Crippen molar-refractivity contribution in [1.82, 2.24) is 5.32 Å². The van der Waals surface area contributed by atoms with Gasteiger partial charge in [0.05, 0.1) is 11.8 Å². The third-order valence-corrected chi connectivity index (χ3v) is 3.16. The van der Waals surface area contributed by atoms with E-state index in [1.54, 1.807) is 37.3 Å². The number of nitrogens with one attached hydrogen (secondary N) is 1. The van der Waals surface area contributed by atoms with E-state index in [1.165, 1.54) is 0 Å². The molecule has 4 amide bonds. The fourth-order valence-corrected chi connectivity index (χ4v) is 2.10. The van der Waals surface area contributed by atoms with Gasteiger partial charge in [-0.2, -0.15) is 0 Å². The minimum Gasteiger partial charge on any atom is -0.393 e. The minimum absolute atomic E-state index is 0.207. The number of imide groups is 2. The molecule has 6 heteroatoms. The van der Waals surface area contributed by atoms with Gasteiger partial charge < -0.3 is 5.11 Å². The average molecular weight is 276 g/mol. The zero-order valence-corrected chi connectivity index (χ0v) is 11.1. The molecule has 1 fully saturated rings. The second-order valence-electron chi connectivity index (χ2n) is 4.78. The second kappa shape index (κ2) is 5.83. The predicted molar refractivity (Wildman–Crippen MR) is 71.9 cm³/mol. The molecule has 0 spiro atoms.